The summed E-state index contributed by atoms with van der Waals surface area (Å²) in [5, 5.41) is 8.62. The molecule has 1 unspecified atom stereocenters. The zero-order valence-electron chi connectivity index (χ0n) is 9.42. The van der Waals surface area contributed by atoms with Gasteiger partial charge in [0.1, 0.15) is 18.3 Å². The Balaban J connectivity index is 1.99. The molecule has 0 amide bonds. The molecule has 5 nitrogen and oxygen atoms in total. The van der Waals surface area contributed by atoms with Crippen LogP contribution in [0, 0.1) is 0 Å². The van der Waals surface area contributed by atoms with Gasteiger partial charge in [0.2, 0.25) is 0 Å². The first-order valence-corrected chi connectivity index (χ1v) is 5.25. The zero-order valence-corrected chi connectivity index (χ0v) is 9.42. The Morgan fingerprint density at radius 2 is 2.24 bits per heavy atom. The predicted molar refractivity (Wildman–Crippen MR) is 61.4 cm³/mol. The lowest BCUT2D eigenvalue weighted by Crippen LogP contribution is -2.09. The van der Waals surface area contributed by atoms with Crippen molar-refractivity contribution in [2.45, 2.75) is 12.5 Å². The van der Waals surface area contributed by atoms with Crippen molar-refractivity contribution in [2.75, 3.05) is 13.7 Å². The van der Waals surface area contributed by atoms with Gasteiger partial charge in [-0.1, -0.05) is 12.1 Å². The maximum atomic E-state index is 10.5. The zero-order chi connectivity index (χ0) is 12.3. The SMILES string of the molecule is COc1ccc(C2CN=C(CC(=O)O)O2)cc1. The standard InChI is InChI=1S/C12H13NO4/c1-16-9-4-2-8(3-5-9)10-7-13-11(17-10)6-12(14)15/h2-5,10H,6-7H2,1H3,(H,14,15). The monoisotopic (exact) mass is 235 g/mol. The largest absolute Gasteiger partial charge is 0.497 e. The van der Waals surface area contributed by atoms with Crippen LogP contribution in [0.4, 0.5) is 0 Å². The molecule has 0 fully saturated rings. The van der Waals surface area contributed by atoms with Gasteiger partial charge in [0, 0.05) is 0 Å². The highest BCUT2D eigenvalue weighted by Crippen LogP contribution is 2.25. The van der Waals surface area contributed by atoms with Crippen LogP contribution in [0.1, 0.15) is 18.1 Å². The third-order valence-electron chi connectivity index (χ3n) is 2.50. The third kappa shape index (κ3) is 2.75. The molecule has 0 bridgehead atoms. The number of aliphatic carboxylic acids is 1. The first kappa shape index (κ1) is 11.4. The van der Waals surface area contributed by atoms with Crippen LogP contribution in [0.15, 0.2) is 29.3 Å². The van der Waals surface area contributed by atoms with Crippen molar-refractivity contribution < 1.29 is 19.4 Å². The number of methoxy groups -OCH3 is 1. The van der Waals surface area contributed by atoms with Crippen molar-refractivity contribution in [2.24, 2.45) is 4.99 Å². The third-order valence-corrected chi connectivity index (χ3v) is 2.50. The van der Waals surface area contributed by atoms with Gasteiger partial charge in [-0.3, -0.25) is 9.79 Å². The average Bonchev–Trinajstić information content (AvgIpc) is 2.77. The lowest BCUT2D eigenvalue weighted by molar-refractivity contribution is -0.135. The molecule has 17 heavy (non-hydrogen) atoms. The maximum absolute atomic E-state index is 10.5. The molecule has 0 spiro atoms. The number of rotatable bonds is 4. The Hall–Kier alpha value is -2.04. The number of carboxylic acid groups (broad SMARTS) is 1. The Morgan fingerprint density at radius 3 is 2.82 bits per heavy atom. The second kappa shape index (κ2) is 4.86. The maximum Gasteiger partial charge on any atom is 0.312 e. The van der Waals surface area contributed by atoms with Gasteiger partial charge in [-0.25, -0.2) is 0 Å². The normalized spacial score (nSPS) is 18.4. The summed E-state index contributed by atoms with van der Waals surface area (Å²) in [6, 6.07) is 7.47. The molecular formula is C12H13NO4. The van der Waals surface area contributed by atoms with Crippen molar-refractivity contribution in [3.05, 3.63) is 29.8 Å². The lowest BCUT2D eigenvalue weighted by atomic mass is 10.1. The van der Waals surface area contributed by atoms with E-state index < -0.39 is 5.97 Å². The van der Waals surface area contributed by atoms with Crippen LogP contribution in [0.3, 0.4) is 0 Å². The van der Waals surface area contributed by atoms with Crippen LogP contribution >= 0.6 is 0 Å². The van der Waals surface area contributed by atoms with Crippen molar-refractivity contribution in [1.82, 2.24) is 0 Å². The van der Waals surface area contributed by atoms with E-state index in [0.717, 1.165) is 11.3 Å². The Labute approximate surface area is 98.7 Å². The number of benzene rings is 1. The van der Waals surface area contributed by atoms with Gasteiger partial charge in [0.15, 0.2) is 5.90 Å². The van der Waals surface area contributed by atoms with E-state index in [2.05, 4.69) is 4.99 Å². The minimum Gasteiger partial charge on any atom is -0.497 e. The van der Waals surface area contributed by atoms with Gasteiger partial charge in [0.25, 0.3) is 0 Å². The molecule has 1 aliphatic heterocycles. The molecule has 1 heterocycles. The van der Waals surface area contributed by atoms with E-state index in [1.54, 1.807) is 7.11 Å². The van der Waals surface area contributed by atoms with Crippen LogP contribution in [-0.4, -0.2) is 30.6 Å². The molecule has 5 heteroatoms. The minimum absolute atomic E-state index is 0.160. The number of carbonyl (C=O) groups is 1. The fraction of sp³-hybridized carbons (Fsp3) is 0.333. The van der Waals surface area contributed by atoms with E-state index in [-0.39, 0.29) is 12.5 Å². The summed E-state index contributed by atoms with van der Waals surface area (Å²) in [4.78, 5) is 14.6. The summed E-state index contributed by atoms with van der Waals surface area (Å²) >= 11 is 0. The smallest absolute Gasteiger partial charge is 0.312 e. The molecule has 1 atom stereocenters. The summed E-state index contributed by atoms with van der Waals surface area (Å²) in [7, 11) is 1.61. The number of nitrogens with zero attached hydrogens (tertiary/aromatic N) is 1. The first-order chi connectivity index (χ1) is 8.19. The Morgan fingerprint density at radius 1 is 1.53 bits per heavy atom. The number of hydrogen-bond acceptors (Lipinski definition) is 4. The van der Waals surface area contributed by atoms with E-state index in [1.807, 2.05) is 24.3 Å². The van der Waals surface area contributed by atoms with Gasteiger partial charge in [-0.15, -0.1) is 0 Å². The molecule has 1 aromatic carbocycles. The van der Waals surface area contributed by atoms with Gasteiger partial charge in [0.05, 0.1) is 13.7 Å². The van der Waals surface area contributed by atoms with E-state index in [9.17, 15) is 4.79 Å². The van der Waals surface area contributed by atoms with Gasteiger partial charge in [-0.05, 0) is 17.7 Å². The van der Waals surface area contributed by atoms with Crippen molar-refractivity contribution in [3.8, 4) is 5.75 Å². The molecule has 0 radical (unpaired) electrons. The number of carboxylic acids is 1. The van der Waals surface area contributed by atoms with Crippen molar-refractivity contribution >= 4 is 11.9 Å². The quantitative estimate of drug-likeness (QED) is 0.861. The molecule has 1 N–H and O–H groups in total. The molecule has 0 saturated heterocycles. The average molecular weight is 235 g/mol. The molecule has 0 aliphatic carbocycles. The van der Waals surface area contributed by atoms with Crippen LogP contribution in [-0.2, 0) is 9.53 Å². The summed E-state index contributed by atoms with van der Waals surface area (Å²) in [6.07, 6.45) is -0.345. The van der Waals surface area contributed by atoms with E-state index >= 15 is 0 Å². The highest BCUT2D eigenvalue weighted by Gasteiger charge is 2.22. The van der Waals surface area contributed by atoms with Crippen LogP contribution in [0.25, 0.3) is 0 Å². The highest BCUT2D eigenvalue weighted by molar-refractivity contribution is 5.94. The summed E-state index contributed by atoms with van der Waals surface area (Å²) < 4.78 is 10.5. The van der Waals surface area contributed by atoms with Gasteiger partial charge < -0.3 is 14.6 Å². The number of hydrogen-bond donors (Lipinski definition) is 1. The van der Waals surface area contributed by atoms with Crippen LogP contribution < -0.4 is 4.74 Å². The van der Waals surface area contributed by atoms with E-state index in [4.69, 9.17) is 14.6 Å². The van der Waals surface area contributed by atoms with Gasteiger partial charge in [-0.2, -0.15) is 0 Å². The Bertz CT molecular complexity index is 438. The van der Waals surface area contributed by atoms with E-state index in [1.165, 1.54) is 0 Å². The van der Waals surface area contributed by atoms with Crippen LogP contribution in [0.2, 0.25) is 0 Å². The topological polar surface area (TPSA) is 68.1 Å². The first-order valence-electron chi connectivity index (χ1n) is 5.25. The number of ether oxygens (including phenoxy) is 2. The molecule has 1 aliphatic rings. The summed E-state index contributed by atoms with van der Waals surface area (Å²) in [6.45, 7) is 0.467. The molecule has 2 rings (SSSR count). The second-order valence-electron chi connectivity index (χ2n) is 3.68. The van der Waals surface area contributed by atoms with Crippen molar-refractivity contribution in [3.63, 3.8) is 0 Å². The molecule has 0 saturated carbocycles. The second-order valence-corrected chi connectivity index (χ2v) is 3.68. The van der Waals surface area contributed by atoms with Crippen molar-refractivity contribution in [1.29, 1.82) is 0 Å². The van der Waals surface area contributed by atoms with E-state index in [0.29, 0.717) is 12.4 Å². The Kier molecular flexibility index (Phi) is 3.27. The lowest BCUT2D eigenvalue weighted by Gasteiger charge is -2.11. The summed E-state index contributed by atoms with van der Waals surface area (Å²) in [5.41, 5.74) is 0.968. The molecule has 90 valence electrons. The predicted octanol–water partition coefficient (Wildman–Crippen LogP) is 1.64. The fourth-order valence-electron chi connectivity index (χ4n) is 1.64. The summed E-state index contributed by atoms with van der Waals surface area (Å²) in [5.74, 6) is 0.135. The van der Waals surface area contributed by atoms with Crippen LogP contribution in [0.5, 0.6) is 5.75 Å². The molecule has 0 aromatic heterocycles. The van der Waals surface area contributed by atoms with Gasteiger partial charge >= 0.3 is 5.97 Å². The molecular weight excluding hydrogens is 222 g/mol. The molecule has 1 aromatic rings. The minimum atomic E-state index is -0.931. The fourth-order valence-corrected chi connectivity index (χ4v) is 1.64. The number of aliphatic imine (C=N–C) groups is 1. The highest BCUT2D eigenvalue weighted by atomic mass is 16.5.